The molecule has 6 nitrogen and oxygen atoms in total. The monoisotopic (exact) mass is 465 g/mol. The number of aromatic nitrogens is 4. The third-order valence-corrected chi connectivity index (χ3v) is 5.24. The first-order chi connectivity index (χ1) is 16.3. The molecule has 0 saturated heterocycles. The smallest absolute Gasteiger partial charge is 0.305 e. The first kappa shape index (κ1) is 21.4. The van der Waals surface area contributed by atoms with Crippen molar-refractivity contribution in [3.8, 4) is 16.9 Å². The van der Waals surface area contributed by atoms with Gasteiger partial charge in [-0.2, -0.15) is 18.3 Å². The fourth-order valence-corrected chi connectivity index (χ4v) is 3.55. The van der Waals surface area contributed by atoms with E-state index >= 15 is 0 Å². The zero-order valence-electron chi connectivity index (χ0n) is 17.3. The summed E-state index contributed by atoms with van der Waals surface area (Å²) in [6.45, 7) is 0. The molecule has 0 fully saturated rings. The maximum Gasteiger partial charge on any atom is 0.416 e. The van der Waals surface area contributed by atoms with E-state index in [4.69, 9.17) is 0 Å². The van der Waals surface area contributed by atoms with Crippen LogP contribution in [0, 0.1) is 5.82 Å². The Kier molecular flexibility index (Phi) is 5.12. The van der Waals surface area contributed by atoms with Crippen molar-refractivity contribution in [3.63, 3.8) is 0 Å². The highest BCUT2D eigenvalue weighted by Crippen LogP contribution is 2.31. The molecule has 170 valence electrons. The maximum atomic E-state index is 13.6. The van der Waals surface area contributed by atoms with Gasteiger partial charge in [-0.25, -0.2) is 9.37 Å². The Hall–Kier alpha value is -4.47. The van der Waals surface area contributed by atoms with E-state index in [1.54, 1.807) is 41.2 Å². The van der Waals surface area contributed by atoms with Gasteiger partial charge in [-0.05, 0) is 54.1 Å². The van der Waals surface area contributed by atoms with Gasteiger partial charge in [0.05, 0.1) is 28.0 Å². The molecular formula is C24H15F4N5O. The number of carbonyl (C=O) groups excluding carboxylic acids is 1. The SMILES string of the molecule is O=C(Nc1cc(-c2ccc(C(F)(F)F)cc2)[nH]n1)c1ccc2c(c1)ncn2-c1cccc(F)c1. The molecular weight excluding hydrogens is 450 g/mol. The van der Waals surface area contributed by atoms with Gasteiger partial charge in [0.2, 0.25) is 0 Å². The molecule has 1 amide bonds. The van der Waals surface area contributed by atoms with Crippen molar-refractivity contribution in [1.29, 1.82) is 0 Å². The third kappa shape index (κ3) is 4.13. The van der Waals surface area contributed by atoms with E-state index in [0.717, 1.165) is 12.1 Å². The Morgan fingerprint density at radius 3 is 2.50 bits per heavy atom. The van der Waals surface area contributed by atoms with E-state index in [1.807, 2.05) is 0 Å². The van der Waals surface area contributed by atoms with Crippen molar-refractivity contribution < 1.29 is 22.4 Å². The van der Waals surface area contributed by atoms with Crippen molar-refractivity contribution in [1.82, 2.24) is 19.7 Å². The largest absolute Gasteiger partial charge is 0.416 e. The van der Waals surface area contributed by atoms with Gasteiger partial charge in [0.25, 0.3) is 5.91 Å². The quantitative estimate of drug-likeness (QED) is 0.328. The number of aromatic amines is 1. The molecule has 0 bridgehead atoms. The van der Waals surface area contributed by atoms with Crippen molar-refractivity contribution in [2.75, 3.05) is 5.32 Å². The fourth-order valence-electron chi connectivity index (χ4n) is 3.55. The first-order valence-corrected chi connectivity index (χ1v) is 10.1. The van der Waals surface area contributed by atoms with Crippen LogP contribution in [0.3, 0.4) is 0 Å². The number of nitrogens with one attached hydrogen (secondary N) is 2. The standard InChI is InChI=1S/C24H15F4N5O/c25-17-2-1-3-18(11-17)33-13-29-20-10-15(6-9-21(20)33)23(34)30-22-12-19(31-32-22)14-4-7-16(8-5-14)24(26,27)28/h1-13H,(H2,30,31,32,34). The summed E-state index contributed by atoms with van der Waals surface area (Å²) in [6, 6.07) is 17.1. The number of nitrogens with zero attached hydrogens (tertiary/aromatic N) is 3. The van der Waals surface area contributed by atoms with Crippen LogP contribution in [0.1, 0.15) is 15.9 Å². The number of alkyl halides is 3. The summed E-state index contributed by atoms with van der Waals surface area (Å²) < 4.78 is 53.5. The number of carbonyl (C=O) groups is 1. The zero-order chi connectivity index (χ0) is 23.9. The minimum Gasteiger partial charge on any atom is -0.305 e. The van der Waals surface area contributed by atoms with Crippen LogP contribution in [0.25, 0.3) is 28.0 Å². The Balaban J connectivity index is 1.34. The maximum absolute atomic E-state index is 13.6. The molecule has 0 atom stereocenters. The van der Waals surface area contributed by atoms with Crippen molar-refractivity contribution in [2.45, 2.75) is 6.18 Å². The van der Waals surface area contributed by atoms with E-state index < -0.39 is 17.6 Å². The number of imidazole rings is 1. The molecule has 2 N–H and O–H groups in total. The summed E-state index contributed by atoms with van der Waals surface area (Å²) in [5.41, 5.74) is 2.37. The molecule has 0 aliphatic carbocycles. The second-order valence-electron chi connectivity index (χ2n) is 7.49. The second kappa shape index (κ2) is 8.14. The van der Waals surface area contributed by atoms with Gasteiger partial charge < -0.3 is 5.32 Å². The molecule has 0 unspecified atom stereocenters. The Morgan fingerprint density at radius 2 is 1.76 bits per heavy atom. The molecule has 0 spiro atoms. The predicted octanol–water partition coefficient (Wildman–Crippen LogP) is 5.83. The van der Waals surface area contributed by atoms with Crippen molar-refractivity contribution >= 4 is 22.8 Å². The number of hydrogen-bond donors (Lipinski definition) is 2. The molecule has 34 heavy (non-hydrogen) atoms. The molecule has 10 heteroatoms. The van der Waals surface area contributed by atoms with E-state index in [-0.39, 0.29) is 11.6 Å². The van der Waals surface area contributed by atoms with Gasteiger partial charge >= 0.3 is 6.18 Å². The summed E-state index contributed by atoms with van der Waals surface area (Å²) in [4.78, 5) is 17.0. The number of benzene rings is 3. The molecule has 0 aliphatic heterocycles. The lowest BCUT2D eigenvalue weighted by atomic mass is 10.1. The highest BCUT2D eigenvalue weighted by atomic mass is 19.4. The molecule has 0 saturated carbocycles. The lowest BCUT2D eigenvalue weighted by Crippen LogP contribution is -2.12. The number of H-pyrrole nitrogens is 1. The zero-order valence-corrected chi connectivity index (χ0v) is 17.3. The number of anilines is 1. The van der Waals surface area contributed by atoms with E-state index in [0.29, 0.717) is 33.5 Å². The number of amides is 1. The Morgan fingerprint density at radius 1 is 0.971 bits per heavy atom. The highest BCUT2D eigenvalue weighted by Gasteiger charge is 2.30. The van der Waals surface area contributed by atoms with E-state index in [1.165, 1.54) is 30.3 Å². The summed E-state index contributed by atoms with van der Waals surface area (Å²) in [7, 11) is 0. The first-order valence-electron chi connectivity index (χ1n) is 10.1. The average Bonchev–Trinajstić information content (AvgIpc) is 3.45. The third-order valence-electron chi connectivity index (χ3n) is 5.24. The highest BCUT2D eigenvalue weighted by molar-refractivity contribution is 6.05. The molecule has 0 radical (unpaired) electrons. The van der Waals surface area contributed by atoms with Gasteiger partial charge in [0.1, 0.15) is 12.1 Å². The lowest BCUT2D eigenvalue weighted by Gasteiger charge is -2.06. The van der Waals surface area contributed by atoms with Crippen molar-refractivity contribution in [2.24, 2.45) is 0 Å². The number of fused-ring (bicyclic) bond motifs is 1. The molecule has 5 aromatic rings. The normalized spacial score (nSPS) is 11.6. The molecule has 0 aliphatic rings. The number of hydrogen-bond acceptors (Lipinski definition) is 3. The van der Waals surface area contributed by atoms with Gasteiger partial charge in [-0.15, -0.1) is 0 Å². The summed E-state index contributed by atoms with van der Waals surface area (Å²) in [6.07, 6.45) is -2.87. The lowest BCUT2D eigenvalue weighted by molar-refractivity contribution is -0.137. The van der Waals surface area contributed by atoms with Gasteiger partial charge in [-0.3, -0.25) is 14.5 Å². The van der Waals surface area contributed by atoms with Crippen molar-refractivity contribution in [3.05, 3.63) is 96.1 Å². The van der Waals surface area contributed by atoms with E-state index in [9.17, 15) is 22.4 Å². The average molecular weight is 465 g/mol. The molecule has 3 aromatic carbocycles. The fraction of sp³-hybridized carbons (Fsp3) is 0.0417. The minimum atomic E-state index is -4.42. The molecule has 2 aromatic heterocycles. The van der Waals surface area contributed by atoms with Gasteiger partial charge in [0.15, 0.2) is 5.82 Å². The van der Waals surface area contributed by atoms with E-state index in [2.05, 4.69) is 20.5 Å². The summed E-state index contributed by atoms with van der Waals surface area (Å²) >= 11 is 0. The van der Waals surface area contributed by atoms with Gasteiger partial charge in [0, 0.05) is 11.6 Å². The van der Waals surface area contributed by atoms with Gasteiger partial charge in [-0.1, -0.05) is 18.2 Å². The van der Waals surface area contributed by atoms with Crippen LogP contribution in [-0.2, 0) is 6.18 Å². The van der Waals surface area contributed by atoms with Crippen LogP contribution in [0.5, 0.6) is 0 Å². The second-order valence-corrected chi connectivity index (χ2v) is 7.49. The number of halogens is 4. The molecule has 5 rings (SSSR count). The number of rotatable bonds is 4. The Labute approximate surface area is 189 Å². The van der Waals surface area contributed by atoms with Crippen LogP contribution in [-0.4, -0.2) is 25.7 Å². The van der Waals surface area contributed by atoms with Crippen LogP contribution in [0.15, 0.2) is 79.1 Å². The summed E-state index contributed by atoms with van der Waals surface area (Å²) in [5, 5.41) is 9.36. The Bertz CT molecular complexity index is 1500. The summed E-state index contributed by atoms with van der Waals surface area (Å²) in [5.74, 6) is -0.594. The predicted molar refractivity (Wildman–Crippen MR) is 118 cm³/mol. The van der Waals surface area contributed by atoms with Crippen LogP contribution in [0.2, 0.25) is 0 Å². The topological polar surface area (TPSA) is 75.6 Å². The van der Waals surface area contributed by atoms with Crippen LogP contribution >= 0.6 is 0 Å². The minimum absolute atomic E-state index is 0.213. The van der Waals surface area contributed by atoms with Crippen LogP contribution < -0.4 is 5.32 Å². The van der Waals surface area contributed by atoms with Crippen LogP contribution in [0.4, 0.5) is 23.4 Å². The molecule has 2 heterocycles.